The summed E-state index contributed by atoms with van der Waals surface area (Å²) in [5.41, 5.74) is 0.569. The monoisotopic (exact) mass is 412 g/mol. The van der Waals surface area contributed by atoms with E-state index in [1.165, 1.54) is 14.1 Å². The normalized spacial score (nSPS) is 11.5. The van der Waals surface area contributed by atoms with Gasteiger partial charge < -0.3 is 5.32 Å². The molecule has 0 radical (unpaired) electrons. The lowest BCUT2D eigenvalue weighted by Gasteiger charge is -2.15. The van der Waals surface area contributed by atoms with Crippen LogP contribution in [0.25, 0.3) is 0 Å². The minimum Gasteiger partial charge on any atom is -0.352 e. The molecule has 0 heterocycles. The molecule has 0 unspecified atom stereocenters. The maximum atomic E-state index is 12.4. The smallest absolute Gasteiger partial charge is 0.242 e. The first-order valence-corrected chi connectivity index (χ1v) is 10.8. The van der Waals surface area contributed by atoms with E-state index in [9.17, 15) is 13.2 Å². The number of nitrogens with one attached hydrogen (secondary N) is 1. The van der Waals surface area contributed by atoms with E-state index in [-0.39, 0.29) is 17.3 Å². The van der Waals surface area contributed by atoms with Crippen LogP contribution in [-0.4, -0.2) is 38.5 Å². The molecule has 5 nitrogen and oxygen atoms in total. The molecule has 140 valence electrons. The first kappa shape index (κ1) is 20.8. The van der Waals surface area contributed by atoms with Crippen LogP contribution >= 0.6 is 23.4 Å². The Morgan fingerprint density at radius 1 is 1.12 bits per heavy atom. The molecule has 0 aliphatic rings. The van der Waals surface area contributed by atoms with Gasteiger partial charge in [0.15, 0.2) is 0 Å². The number of carbonyl (C=O) groups is 1. The average molecular weight is 413 g/mol. The molecule has 1 N–H and O–H groups in total. The van der Waals surface area contributed by atoms with Crippen molar-refractivity contribution in [1.82, 2.24) is 9.62 Å². The number of nitrogens with zero attached hydrogens (tertiary/aromatic N) is 1. The molecule has 0 saturated heterocycles. The topological polar surface area (TPSA) is 66.5 Å². The van der Waals surface area contributed by atoms with Gasteiger partial charge >= 0.3 is 0 Å². The standard InChI is InChI=1S/C18H21ClN2O3S2/c1-21(2)26(23,24)17-6-4-3-5-14(17)13-20-18(22)11-12-25-16-9-7-15(19)8-10-16/h3-10H,11-13H2,1-2H3,(H,20,22). The molecular weight excluding hydrogens is 392 g/mol. The molecule has 2 aromatic carbocycles. The third kappa shape index (κ3) is 5.74. The second kappa shape index (κ2) is 9.41. The molecule has 0 aromatic heterocycles. The molecule has 0 spiro atoms. The van der Waals surface area contributed by atoms with Gasteiger partial charge in [0.25, 0.3) is 0 Å². The summed E-state index contributed by atoms with van der Waals surface area (Å²) in [6.07, 6.45) is 0.343. The number of hydrogen-bond acceptors (Lipinski definition) is 4. The highest BCUT2D eigenvalue weighted by Gasteiger charge is 2.20. The van der Waals surface area contributed by atoms with Crippen molar-refractivity contribution in [2.24, 2.45) is 0 Å². The summed E-state index contributed by atoms with van der Waals surface area (Å²) in [5.74, 6) is 0.508. The summed E-state index contributed by atoms with van der Waals surface area (Å²) in [4.78, 5) is 13.3. The SMILES string of the molecule is CN(C)S(=O)(=O)c1ccccc1CNC(=O)CCSc1ccc(Cl)cc1. The summed E-state index contributed by atoms with van der Waals surface area (Å²) in [5, 5.41) is 3.47. The number of hydrogen-bond donors (Lipinski definition) is 1. The van der Waals surface area contributed by atoms with E-state index in [4.69, 9.17) is 11.6 Å². The van der Waals surface area contributed by atoms with Crippen LogP contribution in [0.1, 0.15) is 12.0 Å². The molecular formula is C18H21ClN2O3S2. The second-order valence-corrected chi connectivity index (χ2v) is 9.45. The Labute approximate surface area is 163 Å². The van der Waals surface area contributed by atoms with Crippen LogP contribution < -0.4 is 5.32 Å². The van der Waals surface area contributed by atoms with Crippen molar-refractivity contribution in [3.05, 3.63) is 59.1 Å². The van der Waals surface area contributed by atoms with E-state index < -0.39 is 10.0 Å². The Bertz CT molecular complexity index is 853. The van der Waals surface area contributed by atoms with Gasteiger partial charge in [-0.25, -0.2) is 12.7 Å². The number of benzene rings is 2. The van der Waals surface area contributed by atoms with Crippen LogP contribution in [0.15, 0.2) is 58.3 Å². The lowest BCUT2D eigenvalue weighted by atomic mass is 10.2. The summed E-state index contributed by atoms with van der Waals surface area (Å²) in [6, 6.07) is 14.1. The fourth-order valence-corrected chi connectivity index (χ4v) is 4.27. The van der Waals surface area contributed by atoms with E-state index in [0.29, 0.717) is 22.8 Å². The van der Waals surface area contributed by atoms with Gasteiger partial charge in [0.2, 0.25) is 15.9 Å². The zero-order valence-corrected chi connectivity index (χ0v) is 17.0. The molecule has 0 bridgehead atoms. The predicted molar refractivity (Wildman–Crippen MR) is 106 cm³/mol. The molecule has 2 rings (SSSR count). The number of sulfonamides is 1. The highest BCUT2D eigenvalue weighted by atomic mass is 35.5. The van der Waals surface area contributed by atoms with Gasteiger partial charge in [-0.1, -0.05) is 29.8 Å². The fourth-order valence-electron chi connectivity index (χ4n) is 2.17. The second-order valence-electron chi connectivity index (χ2n) is 5.72. The van der Waals surface area contributed by atoms with Crippen LogP contribution in [0.2, 0.25) is 5.02 Å². The lowest BCUT2D eigenvalue weighted by Crippen LogP contribution is -2.27. The zero-order valence-electron chi connectivity index (χ0n) is 14.6. The van der Waals surface area contributed by atoms with E-state index in [2.05, 4.69) is 5.32 Å². The molecule has 0 aliphatic carbocycles. The summed E-state index contributed by atoms with van der Waals surface area (Å²) in [6.45, 7) is 0.174. The maximum Gasteiger partial charge on any atom is 0.242 e. The van der Waals surface area contributed by atoms with Crippen molar-refractivity contribution in [1.29, 1.82) is 0 Å². The lowest BCUT2D eigenvalue weighted by molar-refractivity contribution is -0.120. The quantitative estimate of drug-likeness (QED) is 0.675. The average Bonchev–Trinajstić information content (AvgIpc) is 2.61. The van der Waals surface area contributed by atoms with Gasteiger partial charge in [0, 0.05) is 42.7 Å². The van der Waals surface area contributed by atoms with Crippen molar-refractivity contribution in [3.63, 3.8) is 0 Å². The number of carbonyl (C=O) groups excluding carboxylic acids is 1. The van der Waals surface area contributed by atoms with Crippen LogP contribution in [0.4, 0.5) is 0 Å². The Balaban J connectivity index is 1.89. The number of thioether (sulfide) groups is 1. The van der Waals surface area contributed by atoms with Crippen molar-refractivity contribution in [2.75, 3.05) is 19.8 Å². The van der Waals surface area contributed by atoms with Crippen LogP contribution in [-0.2, 0) is 21.4 Å². The highest BCUT2D eigenvalue weighted by molar-refractivity contribution is 7.99. The minimum atomic E-state index is -3.54. The number of rotatable bonds is 8. The van der Waals surface area contributed by atoms with E-state index in [1.807, 2.05) is 24.3 Å². The number of halogens is 1. The first-order chi connectivity index (χ1) is 12.3. The predicted octanol–water partition coefficient (Wildman–Crippen LogP) is 3.39. The van der Waals surface area contributed by atoms with Crippen molar-refractivity contribution >= 4 is 39.3 Å². The molecule has 8 heteroatoms. The van der Waals surface area contributed by atoms with Gasteiger partial charge in [-0.05, 0) is 35.9 Å². The van der Waals surface area contributed by atoms with Crippen molar-refractivity contribution in [2.45, 2.75) is 22.8 Å². The first-order valence-electron chi connectivity index (χ1n) is 7.96. The van der Waals surface area contributed by atoms with Gasteiger partial charge in [-0.2, -0.15) is 0 Å². The van der Waals surface area contributed by atoms with Gasteiger partial charge in [-0.3, -0.25) is 4.79 Å². The Morgan fingerprint density at radius 3 is 2.42 bits per heavy atom. The van der Waals surface area contributed by atoms with Gasteiger partial charge in [0.05, 0.1) is 4.90 Å². The molecule has 0 atom stereocenters. The molecule has 0 saturated carbocycles. The Hall–Kier alpha value is -1.54. The largest absolute Gasteiger partial charge is 0.352 e. The van der Waals surface area contributed by atoms with E-state index in [0.717, 1.165) is 9.20 Å². The molecule has 26 heavy (non-hydrogen) atoms. The fraction of sp³-hybridized carbons (Fsp3) is 0.278. The van der Waals surface area contributed by atoms with Crippen molar-refractivity contribution in [3.8, 4) is 0 Å². The minimum absolute atomic E-state index is 0.122. The molecule has 2 aromatic rings. The summed E-state index contributed by atoms with van der Waals surface area (Å²) < 4.78 is 25.9. The molecule has 1 amide bonds. The third-order valence-electron chi connectivity index (χ3n) is 3.62. The van der Waals surface area contributed by atoms with Crippen LogP contribution in [0, 0.1) is 0 Å². The van der Waals surface area contributed by atoms with Gasteiger partial charge in [0.1, 0.15) is 0 Å². The third-order valence-corrected chi connectivity index (χ3v) is 6.80. The number of amides is 1. The molecule has 0 fully saturated rings. The Kier molecular flexibility index (Phi) is 7.52. The molecule has 0 aliphatic heterocycles. The van der Waals surface area contributed by atoms with E-state index >= 15 is 0 Å². The van der Waals surface area contributed by atoms with E-state index in [1.54, 1.807) is 36.0 Å². The van der Waals surface area contributed by atoms with Gasteiger partial charge in [-0.15, -0.1) is 11.8 Å². The van der Waals surface area contributed by atoms with Crippen molar-refractivity contribution < 1.29 is 13.2 Å². The zero-order chi connectivity index (χ0) is 19.2. The highest BCUT2D eigenvalue weighted by Crippen LogP contribution is 2.21. The van der Waals surface area contributed by atoms with Crippen LogP contribution in [0.5, 0.6) is 0 Å². The van der Waals surface area contributed by atoms with Crippen LogP contribution in [0.3, 0.4) is 0 Å². The summed E-state index contributed by atoms with van der Waals surface area (Å²) in [7, 11) is -0.575. The maximum absolute atomic E-state index is 12.4. The Morgan fingerprint density at radius 2 is 1.77 bits per heavy atom. The summed E-state index contributed by atoms with van der Waals surface area (Å²) >= 11 is 7.41.